The van der Waals surface area contributed by atoms with Crippen LogP contribution in [0.2, 0.25) is 0 Å². The molecule has 0 saturated carbocycles. The van der Waals surface area contributed by atoms with Crippen molar-refractivity contribution in [3.05, 3.63) is 35.2 Å². The minimum absolute atomic E-state index is 0.430. The number of nitrogens with zero attached hydrogens (tertiary/aromatic N) is 1. The maximum absolute atomic E-state index is 11.0. The molecule has 0 radical (unpaired) electrons. The molecule has 1 aliphatic rings. The second-order valence-corrected chi connectivity index (χ2v) is 6.38. The molecule has 3 rings (SSSR count). The molecule has 1 saturated heterocycles. The van der Waals surface area contributed by atoms with Gasteiger partial charge in [0.05, 0.1) is 5.60 Å². The van der Waals surface area contributed by atoms with Gasteiger partial charge in [-0.3, -0.25) is 0 Å². The standard InChI is InChI=1S/C15H19NOS/c1-11-10-15(17,7-8-16(11)2)13-5-3-4-12-6-9-18-14(12)13/h3-6,9,11,17H,7-8,10H2,1-2H3. The molecule has 2 atom stereocenters. The van der Waals surface area contributed by atoms with E-state index >= 15 is 0 Å². The lowest BCUT2D eigenvalue weighted by Crippen LogP contribution is -2.45. The first-order valence-electron chi connectivity index (χ1n) is 6.49. The van der Waals surface area contributed by atoms with Gasteiger partial charge < -0.3 is 10.0 Å². The molecule has 2 unspecified atom stereocenters. The molecule has 3 heteroatoms. The average Bonchev–Trinajstić information content (AvgIpc) is 2.82. The zero-order valence-corrected chi connectivity index (χ0v) is 11.7. The van der Waals surface area contributed by atoms with Crippen molar-refractivity contribution in [3.8, 4) is 0 Å². The summed E-state index contributed by atoms with van der Waals surface area (Å²) in [6, 6.07) is 8.84. The molecule has 1 aliphatic heterocycles. The van der Waals surface area contributed by atoms with E-state index in [0.717, 1.165) is 24.9 Å². The van der Waals surface area contributed by atoms with Crippen molar-refractivity contribution in [2.75, 3.05) is 13.6 Å². The Bertz CT molecular complexity index is 564. The van der Waals surface area contributed by atoms with Gasteiger partial charge in [0.2, 0.25) is 0 Å². The molecule has 0 amide bonds. The van der Waals surface area contributed by atoms with E-state index in [2.05, 4.69) is 48.5 Å². The third-order valence-electron chi connectivity index (χ3n) is 4.24. The van der Waals surface area contributed by atoms with Crippen LogP contribution in [0.1, 0.15) is 25.3 Å². The van der Waals surface area contributed by atoms with Crippen molar-refractivity contribution in [1.82, 2.24) is 4.90 Å². The summed E-state index contributed by atoms with van der Waals surface area (Å²) in [5.41, 5.74) is 0.464. The minimum atomic E-state index is -0.656. The van der Waals surface area contributed by atoms with E-state index in [1.54, 1.807) is 11.3 Å². The van der Waals surface area contributed by atoms with Crippen LogP contribution in [-0.2, 0) is 5.60 Å². The number of thiophene rings is 1. The predicted octanol–water partition coefficient (Wildman–Crippen LogP) is 3.20. The number of fused-ring (bicyclic) bond motifs is 1. The monoisotopic (exact) mass is 261 g/mol. The lowest BCUT2D eigenvalue weighted by molar-refractivity contribution is -0.0396. The Kier molecular flexibility index (Phi) is 2.93. The van der Waals surface area contributed by atoms with E-state index in [1.807, 2.05) is 0 Å². The molecule has 96 valence electrons. The summed E-state index contributed by atoms with van der Waals surface area (Å²) in [4.78, 5) is 2.32. The number of hydrogen-bond donors (Lipinski definition) is 1. The fourth-order valence-electron chi connectivity index (χ4n) is 2.93. The lowest BCUT2D eigenvalue weighted by atomic mass is 9.81. The van der Waals surface area contributed by atoms with Gasteiger partial charge in [-0.1, -0.05) is 18.2 Å². The molecular weight excluding hydrogens is 242 g/mol. The maximum Gasteiger partial charge on any atom is 0.0937 e. The second kappa shape index (κ2) is 4.34. The fourth-order valence-corrected chi connectivity index (χ4v) is 3.94. The number of benzene rings is 1. The highest BCUT2D eigenvalue weighted by Crippen LogP contribution is 2.40. The van der Waals surface area contributed by atoms with Gasteiger partial charge in [-0.2, -0.15) is 0 Å². The normalized spacial score (nSPS) is 29.8. The SMILES string of the molecule is CC1CC(O)(c2cccc3ccsc23)CCN1C. The molecule has 18 heavy (non-hydrogen) atoms. The number of rotatable bonds is 1. The number of likely N-dealkylation sites (tertiary alicyclic amines) is 1. The van der Waals surface area contributed by atoms with Gasteiger partial charge in [-0.25, -0.2) is 0 Å². The first kappa shape index (κ1) is 12.2. The van der Waals surface area contributed by atoms with Crippen LogP contribution in [0.25, 0.3) is 10.1 Å². The quantitative estimate of drug-likeness (QED) is 0.852. The maximum atomic E-state index is 11.0. The minimum Gasteiger partial charge on any atom is -0.385 e. The average molecular weight is 261 g/mol. The summed E-state index contributed by atoms with van der Waals surface area (Å²) in [6.45, 7) is 3.15. The van der Waals surface area contributed by atoms with Crippen LogP contribution in [0, 0.1) is 0 Å². The third-order valence-corrected chi connectivity index (χ3v) is 5.21. The van der Waals surface area contributed by atoms with Gasteiger partial charge >= 0.3 is 0 Å². The van der Waals surface area contributed by atoms with Gasteiger partial charge in [0, 0.05) is 22.8 Å². The molecular formula is C15H19NOS. The van der Waals surface area contributed by atoms with Crippen molar-refractivity contribution in [1.29, 1.82) is 0 Å². The zero-order valence-electron chi connectivity index (χ0n) is 10.9. The highest BCUT2D eigenvalue weighted by molar-refractivity contribution is 7.17. The summed E-state index contributed by atoms with van der Waals surface area (Å²) < 4.78 is 1.25. The Labute approximate surface area is 112 Å². The first-order valence-corrected chi connectivity index (χ1v) is 7.37. The Hall–Kier alpha value is -0.900. The molecule has 1 aromatic carbocycles. The molecule has 0 spiro atoms. The van der Waals surface area contributed by atoms with Crippen molar-refractivity contribution in [3.63, 3.8) is 0 Å². The highest BCUT2D eigenvalue weighted by Gasteiger charge is 2.37. The van der Waals surface area contributed by atoms with E-state index in [0.29, 0.717) is 6.04 Å². The summed E-state index contributed by atoms with van der Waals surface area (Å²) in [5.74, 6) is 0. The van der Waals surface area contributed by atoms with Crippen LogP contribution in [0.5, 0.6) is 0 Å². The predicted molar refractivity (Wildman–Crippen MR) is 77.0 cm³/mol. The summed E-state index contributed by atoms with van der Waals surface area (Å²) in [5, 5.41) is 14.4. The van der Waals surface area contributed by atoms with Crippen LogP contribution < -0.4 is 0 Å². The first-order chi connectivity index (χ1) is 8.60. The molecule has 2 aromatic rings. The second-order valence-electron chi connectivity index (χ2n) is 5.46. The van der Waals surface area contributed by atoms with E-state index in [4.69, 9.17) is 0 Å². The summed E-state index contributed by atoms with van der Waals surface area (Å²) >= 11 is 1.73. The van der Waals surface area contributed by atoms with Crippen molar-refractivity contribution in [2.24, 2.45) is 0 Å². The van der Waals surface area contributed by atoms with Gasteiger partial charge in [0.25, 0.3) is 0 Å². The molecule has 2 nitrogen and oxygen atoms in total. The van der Waals surface area contributed by atoms with Crippen LogP contribution in [0.15, 0.2) is 29.6 Å². The molecule has 2 heterocycles. The molecule has 0 aliphatic carbocycles. The zero-order chi connectivity index (χ0) is 12.8. The molecule has 1 N–H and O–H groups in total. The van der Waals surface area contributed by atoms with Gasteiger partial charge in [0.15, 0.2) is 0 Å². The molecule has 1 aromatic heterocycles. The smallest absolute Gasteiger partial charge is 0.0937 e. The van der Waals surface area contributed by atoms with Crippen LogP contribution in [0.3, 0.4) is 0 Å². The number of piperidine rings is 1. The van der Waals surface area contributed by atoms with Crippen LogP contribution >= 0.6 is 11.3 Å². The van der Waals surface area contributed by atoms with E-state index in [-0.39, 0.29) is 0 Å². The van der Waals surface area contributed by atoms with Gasteiger partial charge in [-0.15, -0.1) is 11.3 Å². The van der Waals surface area contributed by atoms with Crippen molar-refractivity contribution >= 4 is 21.4 Å². The largest absolute Gasteiger partial charge is 0.385 e. The Morgan fingerprint density at radius 2 is 2.22 bits per heavy atom. The molecule has 0 bridgehead atoms. The van der Waals surface area contributed by atoms with Gasteiger partial charge in [-0.05, 0) is 43.6 Å². The summed E-state index contributed by atoms with van der Waals surface area (Å²) in [7, 11) is 2.13. The summed E-state index contributed by atoms with van der Waals surface area (Å²) in [6.07, 6.45) is 1.64. The Morgan fingerprint density at radius 3 is 3.00 bits per heavy atom. The van der Waals surface area contributed by atoms with Crippen LogP contribution in [0.4, 0.5) is 0 Å². The highest BCUT2D eigenvalue weighted by atomic mass is 32.1. The van der Waals surface area contributed by atoms with Crippen molar-refractivity contribution < 1.29 is 5.11 Å². The Balaban J connectivity index is 2.05. The Morgan fingerprint density at radius 1 is 1.39 bits per heavy atom. The van der Waals surface area contributed by atoms with Crippen molar-refractivity contribution in [2.45, 2.75) is 31.4 Å². The number of hydrogen-bond acceptors (Lipinski definition) is 3. The third kappa shape index (κ3) is 1.87. The van der Waals surface area contributed by atoms with E-state index in [1.165, 1.54) is 10.1 Å². The van der Waals surface area contributed by atoms with E-state index in [9.17, 15) is 5.11 Å². The molecule has 1 fully saturated rings. The fraction of sp³-hybridized carbons (Fsp3) is 0.467. The van der Waals surface area contributed by atoms with Crippen LogP contribution in [-0.4, -0.2) is 29.6 Å². The van der Waals surface area contributed by atoms with Gasteiger partial charge in [0.1, 0.15) is 0 Å². The van der Waals surface area contributed by atoms with E-state index < -0.39 is 5.60 Å². The topological polar surface area (TPSA) is 23.5 Å². The number of aliphatic hydroxyl groups is 1. The lowest BCUT2D eigenvalue weighted by Gasteiger charge is -2.41.